The van der Waals surface area contributed by atoms with Crippen LogP contribution in [0.3, 0.4) is 0 Å². The van der Waals surface area contributed by atoms with Crippen LogP contribution in [0, 0.1) is 5.82 Å². The highest BCUT2D eigenvalue weighted by Crippen LogP contribution is 2.25. The van der Waals surface area contributed by atoms with Gasteiger partial charge >= 0.3 is 0 Å². The van der Waals surface area contributed by atoms with E-state index in [9.17, 15) is 9.18 Å². The summed E-state index contributed by atoms with van der Waals surface area (Å²) in [5.41, 5.74) is 1.41. The number of hydrogen-bond acceptors (Lipinski definition) is 5. The first kappa shape index (κ1) is 20.1. The minimum atomic E-state index is -0.310. The fourth-order valence-electron chi connectivity index (χ4n) is 3.43. The van der Waals surface area contributed by atoms with Crippen molar-refractivity contribution in [1.82, 2.24) is 9.88 Å². The molecule has 0 unspecified atom stereocenters. The smallest absolute Gasteiger partial charge is 0.254 e. The van der Waals surface area contributed by atoms with Crippen molar-refractivity contribution in [2.24, 2.45) is 0 Å². The van der Waals surface area contributed by atoms with Crippen molar-refractivity contribution < 1.29 is 18.7 Å². The number of morpholine rings is 1. The Balaban J connectivity index is 1.51. The van der Waals surface area contributed by atoms with E-state index in [0.29, 0.717) is 37.7 Å². The molecule has 1 aliphatic heterocycles. The monoisotopic (exact) mass is 409 g/mol. The predicted octanol–water partition coefficient (Wildman–Crippen LogP) is 3.36. The molecule has 1 saturated heterocycles. The largest absolute Gasteiger partial charge is 0.492 e. The number of halogens is 1. The summed E-state index contributed by atoms with van der Waals surface area (Å²) >= 11 is 0. The standard InChI is InChI=1S/C23H24FN3O3/c1-26(10-15-30-18-8-6-17(24)7-9-18)23(28)20-16-22(27-11-13-29-14-12-27)25-21-5-3-2-4-19(20)21/h2-9,16H,10-15H2,1H3. The maximum Gasteiger partial charge on any atom is 0.254 e. The summed E-state index contributed by atoms with van der Waals surface area (Å²) in [7, 11) is 1.75. The lowest BCUT2D eigenvalue weighted by Crippen LogP contribution is -2.37. The number of amides is 1. The lowest BCUT2D eigenvalue weighted by atomic mass is 10.1. The highest BCUT2D eigenvalue weighted by Gasteiger charge is 2.20. The quantitative estimate of drug-likeness (QED) is 0.625. The minimum absolute atomic E-state index is 0.0918. The molecule has 0 saturated carbocycles. The Labute approximate surface area is 174 Å². The van der Waals surface area contributed by atoms with Gasteiger partial charge in [0, 0.05) is 25.5 Å². The lowest BCUT2D eigenvalue weighted by Gasteiger charge is -2.28. The molecule has 7 heteroatoms. The molecule has 0 aliphatic carbocycles. The molecule has 0 spiro atoms. The van der Waals surface area contributed by atoms with Crippen LogP contribution in [0.15, 0.2) is 54.6 Å². The fraction of sp³-hybridized carbons (Fsp3) is 0.304. The van der Waals surface area contributed by atoms with Crippen molar-refractivity contribution in [3.63, 3.8) is 0 Å². The van der Waals surface area contributed by atoms with Gasteiger partial charge in [-0.25, -0.2) is 9.37 Å². The molecule has 1 fully saturated rings. The van der Waals surface area contributed by atoms with Gasteiger partial charge in [0.2, 0.25) is 0 Å². The molecule has 0 atom stereocenters. The van der Waals surface area contributed by atoms with E-state index in [1.165, 1.54) is 12.1 Å². The van der Waals surface area contributed by atoms with E-state index >= 15 is 0 Å². The number of carbonyl (C=O) groups excluding carboxylic acids is 1. The second kappa shape index (κ2) is 9.09. The minimum Gasteiger partial charge on any atom is -0.492 e. The molecule has 1 aliphatic rings. The van der Waals surface area contributed by atoms with Crippen LogP contribution in [0.1, 0.15) is 10.4 Å². The van der Waals surface area contributed by atoms with Crippen molar-refractivity contribution in [2.75, 3.05) is 51.4 Å². The Morgan fingerprint density at radius 2 is 1.90 bits per heavy atom. The van der Waals surface area contributed by atoms with Gasteiger partial charge in [-0.05, 0) is 36.4 Å². The Bertz CT molecular complexity index is 1020. The van der Waals surface area contributed by atoms with Gasteiger partial charge < -0.3 is 19.3 Å². The van der Waals surface area contributed by atoms with E-state index in [2.05, 4.69) is 4.90 Å². The third-order valence-electron chi connectivity index (χ3n) is 5.12. The van der Waals surface area contributed by atoms with E-state index in [4.69, 9.17) is 14.5 Å². The Morgan fingerprint density at radius 1 is 1.17 bits per heavy atom. The topological polar surface area (TPSA) is 54.9 Å². The molecule has 2 heterocycles. The highest BCUT2D eigenvalue weighted by molar-refractivity contribution is 6.06. The number of aromatic nitrogens is 1. The maximum atomic E-state index is 13.2. The van der Waals surface area contributed by atoms with Gasteiger partial charge in [-0.3, -0.25) is 4.79 Å². The number of carbonyl (C=O) groups is 1. The average molecular weight is 409 g/mol. The van der Waals surface area contributed by atoms with Gasteiger partial charge in [0.05, 0.1) is 30.8 Å². The third kappa shape index (κ3) is 4.52. The van der Waals surface area contributed by atoms with Crippen LogP contribution in [0.2, 0.25) is 0 Å². The Morgan fingerprint density at radius 3 is 2.67 bits per heavy atom. The maximum absolute atomic E-state index is 13.2. The van der Waals surface area contributed by atoms with Crippen LogP contribution in [0.5, 0.6) is 5.75 Å². The number of likely N-dealkylation sites (N-methyl/N-ethyl adjacent to an activating group) is 1. The van der Waals surface area contributed by atoms with Crippen LogP contribution in [0.25, 0.3) is 10.9 Å². The summed E-state index contributed by atoms with van der Waals surface area (Å²) in [5.74, 6) is 0.957. The van der Waals surface area contributed by atoms with Gasteiger partial charge in [0.15, 0.2) is 0 Å². The third-order valence-corrected chi connectivity index (χ3v) is 5.12. The number of fused-ring (bicyclic) bond motifs is 1. The summed E-state index contributed by atoms with van der Waals surface area (Å²) in [4.78, 5) is 21.8. The molecule has 0 bridgehead atoms. The SMILES string of the molecule is CN(CCOc1ccc(F)cc1)C(=O)c1cc(N2CCOCC2)nc2ccccc12. The van der Waals surface area contributed by atoms with Gasteiger partial charge in [-0.15, -0.1) is 0 Å². The zero-order valence-electron chi connectivity index (χ0n) is 16.9. The van der Waals surface area contributed by atoms with Crippen molar-refractivity contribution in [1.29, 1.82) is 0 Å². The molecule has 1 amide bonds. The number of benzene rings is 2. The molecular formula is C23H24FN3O3. The molecule has 0 N–H and O–H groups in total. The van der Waals surface area contributed by atoms with Crippen LogP contribution >= 0.6 is 0 Å². The number of rotatable bonds is 6. The van der Waals surface area contributed by atoms with Crippen molar-refractivity contribution in [2.45, 2.75) is 0 Å². The van der Waals surface area contributed by atoms with Crippen molar-refractivity contribution in [3.05, 3.63) is 66.0 Å². The lowest BCUT2D eigenvalue weighted by molar-refractivity contribution is 0.0775. The van der Waals surface area contributed by atoms with Gasteiger partial charge in [0.1, 0.15) is 24.0 Å². The van der Waals surface area contributed by atoms with Crippen molar-refractivity contribution >= 4 is 22.6 Å². The summed E-state index contributed by atoms with van der Waals surface area (Å²) < 4.78 is 24.1. The van der Waals surface area contributed by atoms with E-state index in [1.807, 2.05) is 30.3 Å². The highest BCUT2D eigenvalue weighted by atomic mass is 19.1. The molecule has 4 rings (SSSR count). The van der Waals surface area contributed by atoms with Gasteiger partial charge in [-0.2, -0.15) is 0 Å². The van der Waals surface area contributed by atoms with E-state index < -0.39 is 0 Å². The number of hydrogen-bond donors (Lipinski definition) is 0. The number of ether oxygens (including phenoxy) is 2. The Kier molecular flexibility index (Phi) is 6.09. The van der Waals surface area contributed by atoms with Gasteiger partial charge in [-0.1, -0.05) is 18.2 Å². The van der Waals surface area contributed by atoms with Crippen molar-refractivity contribution in [3.8, 4) is 5.75 Å². The molecule has 3 aromatic rings. The predicted molar refractivity (Wildman–Crippen MR) is 114 cm³/mol. The summed E-state index contributed by atoms with van der Waals surface area (Å²) in [6.45, 7) is 3.52. The zero-order valence-corrected chi connectivity index (χ0v) is 16.9. The number of pyridine rings is 1. The first-order valence-corrected chi connectivity index (χ1v) is 9.98. The second-order valence-corrected chi connectivity index (χ2v) is 7.17. The van der Waals surface area contributed by atoms with E-state index in [0.717, 1.165) is 29.8 Å². The van der Waals surface area contributed by atoms with Crippen LogP contribution in [0.4, 0.5) is 10.2 Å². The first-order chi connectivity index (χ1) is 14.6. The molecule has 1 aromatic heterocycles. The molecule has 156 valence electrons. The number of para-hydroxylation sites is 1. The van der Waals surface area contributed by atoms with E-state index in [1.54, 1.807) is 24.1 Å². The summed E-state index contributed by atoms with van der Waals surface area (Å²) in [6.07, 6.45) is 0. The molecule has 6 nitrogen and oxygen atoms in total. The molecule has 0 radical (unpaired) electrons. The first-order valence-electron chi connectivity index (χ1n) is 9.98. The zero-order chi connectivity index (χ0) is 20.9. The van der Waals surface area contributed by atoms with Crippen LogP contribution in [-0.4, -0.2) is 62.3 Å². The molecular weight excluding hydrogens is 385 g/mol. The Hall–Kier alpha value is -3.19. The van der Waals surface area contributed by atoms with Crippen LogP contribution in [-0.2, 0) is 4.74 Å². The summed E-state index contributed by atoms with van der Waals surface area (Å²) in [5, 5.41) is 0.825. The fourth-order valence-corrected chi connectivity index (χ4v) is 3.43. The molecule has 2 aromatic carbocycles. The van der Waals surface area contributed by atoms with E-state index in [-0.39, 0.29) is 11.7 Å². The number of nitrogens with zero attached hydrogens (tertiary/aromatic N) is 3. The second-order valence-electron chi connectivity index (χ2n) is 7.17. The number of anilines is 1. The molecule has 30 heavy (non-hydrogen) atoms. The average Bonchev–Trinajstić information content (AvgIpc) is 2.79. The van der Waals surface area contributed by atoms with Crippen LogP contribution < -0.4 is 9.64 Å². The summed E-state index contributed by atoms with van der Waals surface area (Å²) in [6, 6.07) is 15.4. The normalized spacial score (nSPS) is 14.0. The van der Waals surface area contributed by atoms with Gasteiger partial charge in [0.25, 0.3) is 5.91 Å².